The lowest BCUT2D eigenvalue weighted by Crippen LogP contribution is -2.19. The first-order chi connectivity index (χ1) is 9.02. The van der Waals surface area contributed by atoms with Crippen molar-refractivity contribution >= 4 is 17.8 Å². The third-order valence-electron chi connectivity index (χ3n) is 2.27. The molecule has 6 heteroatoms. The normalized spacial score (nSPS) is 10.9. The summed E-state index contributed by atoms with van der Waals surface area (Å²) < 4.78 is 4.67. The molecule has 0 aromatic heterocycles. The number of hydrogen-bond donors (Lipinski definition) is 2. The van der Waals surface area contributed by atoms with Gasteiger partial charge in [-0.15, -0.1) is 0 Å². The van der Waals surface area contributed by atoms with Gasteiger partial charge < -0.3 is 15.8 Å². The van der Waals surface area contributed by atoms with E-state index in [0.29, 0.717) is 12.1 Å². The number of nitrogens with two attached hydrogens (primary N) is 1. The maximum atomic E-state index is 11.1. The smallest absolute Gasteiger partial charge is 0.435 e. The fourth-order valence-corrected chi connectivity index (χ4v) is 1.34. The summed E-state index contributed by atoms with van der Waals surface area (Å²) in [5, 5.41) is 2.68. The molecule has 0 unspecified atom stereocenters. The molecule has 6 nitrogen and oxygen atoms in total. The molecule has 3 N–H and O–H groups in total. The molecular weight excluding hydrogens is 246 g/mol. The third kappa shape index (κ3) is 5.20. The molecule has 0 spiro atoms. The Bertz CT molecular complexity index is 480. The number of ether oxygens (including phenoxy) is 1. The first-order valence-corrected chi connectivity index (χ1v) is 5.87. The lowest BCUT2D eigenvalue weighted by Gasteiger charge is -2.04. The van der Waals surface area contributed by atoms with E-state index in [9.17, 15) is 9.59 Å². The van der Waals surface area contributed by atoms with Gasteiger partial charge in [-0.2, -0.15) is 4.99 Å². The van der Waals surface area contributed by atoms with Crippen LogP contribution in [0.5, 0.6) is 0 Å². The predicted octanol–water partition coefficient (Wildman–Crippen LogP) is 1.18. The lowest BCUT2D eigenvalue weighted by atomic mass is 10.1. The highest BCUT2D eigenvalue weighted by Crippen LogP contribution is 2.04. The van der Waals surface area contributed by atoms with Crippen molar-refractivity contribution < 1.29 is 14.3 Å². The summed E-state index contributed by atoms with van der Waals surface area (Å²) >= 11 is 0. The molecule has 2 amide bonds. The highest BCUT2D eigenvalue weighted by atomic mass is 16.5. The van der Waals surface area contributed by atoms with E-state index in [-0.39, 0.29) is 18.3 Å². The van der Waals surface area contributed by atoms with Crippen molar-refractivity contribution in [2.45, 2.75) is 20.4 Å². The number of rotatable bonds is 4. The van der Waals surface area contributed by atoms with E-state index in [2.05, 4.69) is 15.0 Å². The van der Waals surface area contributed by atoms with E-state index < -0.39 is 6.09 Å². The van der Waals surface area contributed by atoms with Crippen LogP contribution >= 0.6 is 0 Å². The van der Waals surface area contributed by atoms with Gasteiger partial charge in [-0.25, -0.2) is 4.79 Å². The van der Waals surface area contributed by atoms with Crippen LogP contribution in [-0.4, -0.2) is 24.4 Å². The minimum Gasteiger partial charge on any atom is -0.448 e. The Hall–Kier alpha value is -2.37. The maximum Gasteiger partial charge on any atom is 0.435 e. The zero-order valence-corrected chi connectivity index (χ0v) is 11.0. The number of aliphatic imine (C=N–C) groups is 1. The van der Waals surface area contributed by atoms with Crippen molar-refractivity contribution in [1.82, 2.24) is 5.32 Å². The zero-order valence-electron chi connectivity index (χ0n) is 11.0. The number of amidine groups is 1. The first kappa shape index (κ1) is 14.7. The van der Waals surface area contributed by atoms with Gasteiger partial charge in [0.25, 0.3) is 0 Å². The summed E-state index contributed by atoms with van der Waals surface area (Å²) in [6, 6.07) is 7.07. The topological polar surface area (TPSA) is 93.8 Å². The number of hydrogen-bond acceptors (Lipinski definition) is 3. The Morgan fingerprint density at radius 1 is 1.32 bits per heavy atom. The van der Waals surface area contributed by atoms with Gasteiger partial charge in [-0.05, 0) is 12.5 Å². The molecule has 0 fully saturated rings. The lowest BCUT2D eigenvalue weighted by molar-refractivity contribution is -0.119. The van der Waals surface area contributed by atoms with Crippen LogP contribution in [0.1, 0.15) is 25.0 Å². The van der Waals surface area contributed by atoms with Crippen LogP contribution < -0.4 is 11.1 Å². The van der Waals surface area contributed by atoms with Gasteiger partial charge in [0.15, 0.2) is 0 Å². The van der Waals surface area contributed by atoms with E-state index >= 15 is 0 Å². The SMILES string of the molecule is CCOC(=O)/N=C(\N)c1ccc(CNC(C)=O)cc1. The van der Waals surface area contributed by atoms with Gasteiger partial charge in [0.05, 0.1) is 6.61 Å². The van der Waals surface area contributed by atoms with Gasteiger partial charge in [0.2, 0.25) is 5.91 Å². The monoisotopic (exact) mass is 263 g/mol. The summed E-state index contributed by atoms with van der Waals surface area (Å²) in [5.74, 6) is 0.0111. The number of nitrogens with one attached hydrogen (secondary N) is 1. The molecule has 0 heterocycles. The number of carbonyl (C=O) groups excluding carboxylic acids is 2. The second kappa shape index (κ2) is 7.15. The Balaban J connectivity index is 2.70. The highest BCUT2D eigenvalue weighted by Gasteiger charge is 2.03. The van der Waals surface area contributed by atoms with Crippen molar-refractivity contribution in [2.75, 3.05) is 6.61 Å². The Labute approximate surface area is 111 Å². The Morgan fingerprint density at radius 2 is 1.95 bits per heavy atom. The molecule has 102 valence electrons. The zero-order chi connectivity index (χ0) is 14.3. The summed E-state index contributed by atoms with van der Waals surface area (Å²) in [7, 11) is 0. The third-order valence-corrected chi connectivity index (χ3v) is 2.27. The van der Waals surface area contributed by atoms with Crippen molar-refractivity contribution in [3.63, 3.8) is 0 Å². The second-order valence-electron chi connectivity index (χ2n) is 3.80. The van der Waals surface area contributed by atoms with Crippen LogP contribution in [0.4, 0.5) is 4.79 Å². The van der Waals surface area contributed by atoms with Gasteiger partial charge in [-0.1, -0.05) is 24.3 Å². The largest absolute Gasteiger partial charge is 0.448 e. The Kier molecular flexibility index (Phi) is 5.53. The molecule has 19 heavy (non-hydrogen) atoms. The Morgan fingerprint density at radius 3 is 2.47 bits per heavy atom. The first-order valence-electron chi connectivity index (χ1n) is 5.87. The van der Waals surface area contributed by atoms with Crippen molar-refractivity contribution in [3.05, 3.63) is 35.4 Å². The van der Waals surface area contributed by atoms with Crippen LogP contribution in [0.2, 0.25) is 0 Å². The minimum absolute atomic E-state index is 0.0903. The number of carbonyl (C=O) groups is 2. The number of benzene rings is 1. The maximum absolute atomic E-state index is 11.1. The van der Waals surface area contributed by atoms with Crippen molar-refractivity contribution in [3.8, 4) is 0 Å². The van der Waals surface area contributed by atoms with E-state index in [1.807, 2.05) is 0 Å². The average molecular weight is 263 g/mol. The van der Waals surface area contributed by atoms with E-state index in [1.54, 1.807) is 31.2 Å². The molecule has 1 aromatic carbocycles. The van der Waals surface area contributed by atoms with Crippen LogP contribution in [0.25, 0.3) is 0 Å². The molecule has 1 aromatic rings. The van der Waals surface area contributed by atoms with E-state index in [1.165, 1.54) is 6.92 Å². The quantitative estimate of drug-likeness (QED) is 0.630. The summed E-state index contributed by atoms with van der Waals surface area (Å²) in [6.07, 6.45) is -0.706. The van der Waals surface area contributed by atoms with Crippen molar-refractivity contribution in [1.29, 1.82) is 0 Å². The molecule has 0 saturated carbocycles. The standard InChI is InChI=1S/C13H17N3O3/c1-3-19-13(18)16-12(14)11-6-4-10(5-7-11)8-15-9(2)17/h4-7H,3,8H2,1-2H3,(H,15,17)(H2,14,16,18). The molecule has 0 aliphatic carbocycles. The van der Waals surface area contributed by atoms with Crippen LogP contribution in [0, 0.1) is 0 Å². The summed E-state index contributed by atoms with van der Waals surface area (Å²) in [5.41, 5.74) is 7.24. The molecular formula is C13H17N3O3. The minimum atomic E-state index is -0.706. The molecule has 0 atom stereocenters. The van der Waals surface area contributed by atoms with E-state index in [4.69, 9.17) is 5.73 Å². The second-order valence-corrected chi connectivity index (χ2v) is 3.80. The number of nitrogens with zero attached hydrogens (tertiary/aromatic N) is 1. The highest BCUT2D eigenvalue weighted by molar-refractivity contribution is 6.02. The molecule has 1 rings (SSSR count). The van der Waals surface area contributed by atoms with E-state index in [0.717, 1.165) is 5.56 Å². The average Bonchev–Trinajstić information content (AvgIpc) is 2.37. The van der Waals surface area contributed by atoms with Gasteiger partial charge in [0, 0.05) is 19.0 Å². The van der Waals surface area contributed by atoms with Crippen LogP contribution in [0.15, 0.2) is 29.3 Å². The van der Waals surface area contributed by atoms with Crippen molar-refractivity contribution in [2.24, 2.45) is 10.7 Å². The molecule has 0 aliphatic heterocycles. The summed E-state index contributed by atoms with van der Waals surface area (Å²) in [4.78, 5) is 25.5. The van der Waals surface area contributed by atoms with Gasteiger partial charge in [0.1, 0.15) is 5.84 Å². The summed E-state index contributed by atoms with van der Waals surface area (Å²) in [6.45, 7) is 3.86. The van der Waals surface area contributed by atoms with Crippen LogP contribution in [0.3, 0.4) is 0 Å². The number of amides is 2. The van der Waals surface area contributed by atoms with Gasteiger partial charge in [-0.3, -0.25) is 4.79 Å². The molecule has 0 saturated heterocycles. The van der Waals surface area contributed by atoms with Crippen LogP contribution in [-0.2, 0) is 16.1 Å². The molecule has 0 radical (unpaired) electrons. The fourth-order valence-electron chi connectivity index (χ4n) is 1.34. The fraction of sp³-hybridized carbons (Fsp3) is 0.308. The predicted molar refractivity (Wildman–Crippen MR) is 71.7 cm³/mol. The molecule has 0 bridgehead atoms. The van der Waals surface area contributed by atoms with Gasteiger partial charge >= 0.3 is 6.09 Å². The molecule has 0 aliphatic rings.